The van der Waals surface area contributed by atoms with Gasteiger partial charge in [0, 0.05) is 6.54 Å². The van der Waals surface area contributed by atoms with Gasteiger partial charge in [-0.05, 0) is 24.1 Å². The summed E-state index contributed by atoms with van der Waals surface area (Å²) in [5, 5.41) is 12.9. The molecule has 0 radical (unpaired) electrons. The van der Waals surface area contributed by atoms with Crippen LogP contribution in [0.3, 0.4) is 0 Å². The third-order valence-electron chi connectivity index (χ3n) is 4.51. The maximum absolute atomic E-state index is 12.6. The molecule has 1 N–H and O–H groups in total. The molecule has 3 rings (SSSR count). The summed E-state index contributed by atoms with van der Waals surface area (Å²) >= 11 is 1.42. The van der Waals surface area contributed by atoms with E-state index in [0.29, 0.717) is 18.7 Å². The first-order valence-corrected chi connectivity index (χ1v) is 10.5. The van der Waals surface area contributed by atoms with Gasteiger partial charge in [-0.15, -0.1) is 0 Å². The second kappa shape index (κ2) is 9.95. The van der Waals surface area contributed by atoms with Crippen LogP contribution in [0.5, 0.6) is 0 Å². The number of nitriles is 1. The zero-order valence-electron chi connectivity index (χ0n) is 16.0. The molecule has 6 heteroatoms. The molecule has 0 fully saturated rings. The summed E-state index contributed by atoms with van der Waals surface area (Å²) in [6.45, 7) is 2.69. The first-order valence-electron chi connectivity index (χ1n) is 9.52. The Hall–Kier alpha value is -2.78. The fourth-order valence-corrected chi connectivity index (χ4v) is 4.06. The standard InChI is InChI=1S/C22H24N4OS/c1-2-9-18(17-10-4-3-5-11-17)24-21(27)16-28-22-25-19-12-6-7-13-20(19)26(22)15-8-14-23/h3-7,10-13,18H,2,8-9,15-16H2,1H3,(H,24,27)/t18-/m1/s1. The van der Waals surface area contributed by atoms with Crippen LogP contribution in [0.15, 0.2) is 59.8 Å². The summed E-state index contributed by atoms with van der Waals surface area (Å²) < 4.78 is 2.03. The Bertz CT molecular complexity index is 962. The van der Waals surface area contributed by atoms with Crippen molar-refractivity contribution in [1.82, 2.24) is 14.9 Å². The lowest BCUT2D eigenvalue weighted by Gasteiger charge is -2.18. The van der Waals surface area contributed by atoms with Crippen molar-refractivity contribution < 1.29 is 4.79 Å². The number of aromatic nitrogens is 2. The number of para-hydroxylation sites is 2. The SMILES string of the molecule is CCC[C@@H](NC(=O)CSc1nc2ccccc2n1CCC#N)c1ccccc1. The number of amides is 1. The van der Waals surface area contributed by atoms with Crippen molar-refractivity contribution in [2.24, 2.45) is 0 Å². The topological polar surface area (TPSA) is 70.7 Å². The van der Waals surface area contributed by atoms with Gasteiger partial charge in [0.15, 0.2) is 5.16 Å². The van der Waals surface area contributed by atoms with Crippen molar-refractivity contribution >= 4 is 28.7 Å². The van der Waals surface area contributed by atoms with Gasteiger partial charge < -0.3 is 9.88 Å². The summed E-state index contributed by atoms with van der Waals surface area (Å²) in [5.74, 6) is 0.286. The van der Waals surface area contributed by atoms with Gasteiger partial charge in [0.2, 0.25) is 5.91 Å². The first-order chi connectivity index (χ1) is 13.7. The number of nitrogens with one attached hydrogen (secondary N) is 1. The van der Waals surface area contributed by atoms with Crippen LogP contribution in [0.4, 0.5) is 0 Å². The predicted molar refractivity (Wildman–Crippen MR) is 113 cm³/mol. The lowest BCUT2D eigenvalue weighted by atomic mass is 10.0. The zero-order chi connectivity index (χ0) is 19.8. The van der Waals surface area contributed by atoms with Crippen molar-refractivity contribution in [1.29, 1.82) is 5.26 Å². The number of carbonyl (C=O) groups is 1. The Labute approximate surface area is 169 Å². The van der Waals surface area contributed by atoms with Crippen LogP contribution in [-0.2, 0) is 11.3 Å². The number of benzene rings is 2. The Balaban J connectivity index is 1.69. The zero-order valence-corrected chi connectivity index (χ0v) is 16.8. The molecule has 5 nitrogen and oxygen atoms in total. The van der Waals surface area contributed by atoms with E-state index >= 15 is 0 Å². The first kappa shape index (κ1) is 20.0. The van der Waals surface area contributed by atoms with E-state index in [2.05, 4.69) is 35.4 Å². The van der Waals surface area contributed by atoms with Crippen LogP contribution in [-0.4, -0.2) is 21.2 Å². The van der Waals surface area contributed by atoms with E-state index in [1.165, 1.54) is 11.8 Å². The molecule has 3 aromatic rings. The molecule has 2 aromatic carbocycles. The van der Waals surface area contributed by atoms with Crippen LogP contribution in [0, 0.1) is 11.3 Å². The number of aryl methyl sites for hydroxylation is 1. The van der Waals surface area contributed by atoms with Crippen LogP contribution in [0.25, 0.3) is 11.0 Å². The lowest BCUT2D eigenvalue weighted by Crippen LogP contribution is -2.30. The number of imidazole rings is 1. The van der Waals surface area contributed by atoms with Gasteiger partial charge in [0.05, 0.1) is 35.3 Å². The summed E-state index contributed by atoms with van der Waals surface area (Å²) in [6, 6.07) is 20.1. The molecule has 0 saturated heterocycles. The highest BCUT2D eigenvalue weighted by Gasteiger charge is 2.16. The highest BCUT2D eigenvalue weighted by Crippen LogP contribution is 2.25. The van der Waals surface area contributed by atoms with E-state index in [0.717, 1.165) is 34.6 Å². The Morgan fingerprint density at radius 2 is 1.96 bits per heavy atom. The molecule has 0 aliphatic heterocycles. The highest BCUT2D eigenvalue weighted by molar-refractivity contribution is 7.99. The highest BCUT2D eigenvalue weighted by atomic mass is 32.2. The van der Waals surface area contributed by atoms with E-state index in [-0.39, 0.29) is 11.9 Å². The minimum absolute atomic E-state index is 0.00816. The average molecular weight is 393 g/mol. The van der Waals surface area contributed by atoms with Crippen molar-refractivity contribution in [3.63, 3.8) is 0 Å². The predicted octanol–water partition coefficient (Wildman–Crippen LogP) is 4.70. The molecule has 1 aromatic heterocycles. The second-order valence-corrected chi connectivity index (χ2v) is 7.49. The number of carbonyl (C=O) groups excluding carboxylic acids is 1. The van der Waals surface area contributed by atoms with Gasteiger partial charge in [0.25, 0.3) is 0 Å². The van der Waals surface area contributed by atoms with E-state index in [1.54, 1.807) is 0 Å². The van der Waals surface area contributed by atoms with Crippen molar-refractivity contribution in [2.45, 2.75) is 43.9 Å². The maximum atomic E-state index is 12.6. The number of rotatable bonds is 9. The molecule has 0 saturated carbocycles. The van der Waals surface area contributed by atoms with Crippen LogP contribution < -0.4 is 5.32 Å². The number of nitrogens with zero attached hydrogens (tertiary/aromatic N) is 3. The smallest absolute Gasteiger partial charge is 0.230 e. The van der Waals surface area contributed by atoms with Gasteiger partial charge in [-0.25, -0.2) is 4.98 Å². The maximum Gasteiger partial charge on any atom is 0.230 e. The molecule has 1 atom stereocenters. The largest absolute Gasteiger partial charge is 0.349 e. The lowest BCUT2D eigenvalue weighted by molar-refractivity contribution is -0.119. The normalized spacial score (nSPS) is 11.9. The van der Waals surface area contributed by atoms with Crippen LogP contribution >= 0.6 is 11.8 Å². The van der Waals surface area contributed by atoms with Crippen molar-refractivity contribution in [3.8, 4) is 6.07 Å². The van der Waals surface area contributed by atoms with E-state index < -0.39 is 0 Å². The second-order valence-electron chi connectivity index (χ2n) is 6.55. The summed E-state index contributed by atoms with van der Waals surface area (Å²) in [4.78, 5) is 17.2. The quantitative estimate of drug-likeness (QED) is 0.536. The van der Waals surface area contributed by atoms with Gasteiger partial charge in [0.1, 0.15) is 0 Å². The molecular formula is C22H24N4OS. The van der Waals surface area contributed by atoms with Gasteiger partial charge in [-0.2, -0.15) is 5.26 Å². The molecule has 0 aliphatic rings. The van der Waals surface area contributed by atoms with Crippen molar-refractivity contribution in [3.05, 3.63) is 60.2 Å². The Morgan fingerprint density at radius 3 is 2.71 bits per heavy atom. The van der Waals surface area contributed by atoms with E-state index in [1.807, 2.05) is 47.0 Å². The number of fused-ring (bicyclic) bond motifs is 1. The van der Waals surface area contributed by atoms with E-state index in [4.69, 9.17) is 5.26 Å². The molecular weight excluding hydrogens is 368 g/mol. The Kier molecular flexibility index (Phi) is 7.10. The number of hydrogen-bond donors (Lipinski definition) is 1. The van der Waals surface area contributed by atoms with Gasteiger partial charge in [-0.3, -0.25) is 4.79 Å². The fourth-order valence-electron chi connectivity index (χ4n) is 3.20. The molecule has 28 heavy (non-hydrogen) atoms. The van der Waals surface area contributed by atoms with Gasteiger partial charge in [-0.1, -0.05) is 67.6 Å². The molecule has 1 amide bonds. The molecule has 0 spiro atoms. The molecule has 1 heterocycles. The molecule has 0 bridgehead atoms. The third-order valence-corrected chi connectivity index (χ3v) is 5.49. The summed E-state index contributed by atoms with van der Waals surface area (Å²) in [6.07, 6.45) is 2.31. The Morgan fingerprint density at radius 1 is 1.21 bits per heavy atom. The minimum Gasteiger partial charge on any atom is -0.349 e. The van der Waals surface area contributed by atoms with Crippen LogP contribution in [0.2, 0.25) is 0 Å². The number of thioether (sulfide) groups is 1. The summed E-state index contributed by atoms with van der Waals surface area (Å²) in [7, 11) is 0. The molecule has 0 aliphatic carbocycles. The fraction of sp³-hybridized carbons (Fsp3) is 0.318. The average Bonchev–Trinajstić information content (AvgIpc) is 3.08. The molecule has 0 unspecified atom stereocenters. The third kappa shape index (κ3) is 4.93. The minimum atomic E-state index is -0.00816. The summed E-state index contributed by atoms with van der Waals surface area (Å²) in [5.41, 5.74) is 3.01. The molecule has 144 valence electrons. The van der Waals surface area contributed by atoms with Gasteiger partial charge >= 0.3 is 0 Å². The van der Waals surface area contributed by atoms with Crippen molar-refractivity contribution in [2.75, 3.05) is 5.75 Å². The number of hydrogen-bond acceptors (Lipinski definition) is 4. The van der Waals surface area contributed by atoms with E-state index in [9.17, 15) is 4.79 Å². The monoisotopic (exact) mass is 392 g/mol. The van der Waals surface area contributed by atoms with Crippen LogP contribution in [0.1, 0.15) is 37.8 Å².